The summed E-state index contributed by atoms with van der Waals surface area (Å²) in [6, 6.07) is 1.95. The second-order valence-electron chi connectivity index (χ2n) is 11.5. The number of fused-ring (bicyclic) bond motifs is 1. The second kappa shape index (κ2) is 8.13. The van der Waals surface area contributed by atoms with E-state index in [9.17, 15) is 4.79 Å². The number of nitrogens with two attached hydrogens (primary N) is 1. The van der Waals surface area contributed by atoms with Crippen LogP contribution >= 0.6 is 0 Å². The number of carbonyl (C=O) groups excluding carboxylic acids is 1. The Morgan fingerprint density at radius 1 is 1.03 bits per heavy atom. The Bertz CT molecular complexity index is 1480. The molecule has 9 nitrogen and oxygen atoms in total. The Kier molecular flexibility index (Phi) is 4.93. The summed E-state index contributed by atoms with van der Waals surface area (Å²) in [7, 11) is 1.40. The molecule has 4 bridgehead atoms. The van der Waals surface area contributed by atoms with E-state index in [1.807, 2.05) is 22.9 Å². The number of carbonyl (C=O) groups is 1. The zero-order valence-corrected chi connectivity index (χ0v) is 21.2. The monoisotopic (exact) mass is 497 g/mol. The fraction of sp³-hybridized carbons (Fsp3) is 0.464. The Balaban J connectivity index is 1.28. The minimum Gasteiger partial charge on any atom is -0.465 e. The van der Waals surface area contributed by atoms with Gasteiger partial charge < -0.3 is 10.5 Å². The molecule has 0 atom stereocenters. The number of nitrogen functional groups attached to an aromatic ring is 1. The van der Waals surface area contributed by atoms with Crippen molar-refractivity contribution in [2.24, 2.45) is 23.2 Å². The molecule has 0 amide bonds. The molecule has 4 saturated carbocycles. The van der Waals surface area contributed by atoms with E-state index in [1.165, 1.54) is 45.6 Å². The molecule has 4 aliphatic rings. The van der Waals surface area contributed by atoms with Crippen LogP contribution in [-0.4, -0.2) is 42.2 Å². The second-order valence-corrected chi connectivity index (χ2v) is 11.5. The maximum atomic E-state index is 13.1. The van der Waals surface area contributed by atoms with Crippen LogP contribution in [0.3, 0.4) is 0 Å². The molecular formula is C28H31N7O2. The van der Waals surface area contributed by atoms with Gasteiger partial charge in [-0.3, -0.25) is 9.08 Å². The van der Waals surface area contributed by atoms with Crippen molar-refractivity contribution in [3.05, 3.63) is 48.3 Å². The quantitative estimate of drug-likeness (QED) is 0.403. The molecule has 0 spiro atoms. The summed E-state index contributed by atoms with van der Waals surface area (Å²) in [6.45, 7) is 3.07. The molecule has 37 heavy (non-hydrogen) atoms. The van der Waals surface area contributed by atoms with Crippen LogP contribution in [0.25, 0.3) is 28.0 Å². The van der Waals surface area contributed by atoms with Gasteiger partial charge in [0.05, 0.1) is 25.2 Å². The smallest absolute Gasteiger partial charge is 0.342 e. The highest BCUT2D eigenvalue weighted by atomic mass is 16.5. The van der Waals surface area contributed by atoms with E-state index in [1.54, 1.807) is 18.6 Å². The third-order valence-electron chi connectivity index (χ3n) is 9.08. The number of imidazole rings is 1. The first-order valence-corrected chi connectivity index (χ1v) is 13.1. The lowest BCUT2D eigenvalue weighted by molar-refractivity contribution is -0.0638. The molecule has 4 aromatic rings. The van der Waals surface area contributed by atoms with Crippen molar-refractivity contribution in [1.82, 2.24) is 29.1 Å². The van der Waals surface area contributed by atoms with Gasteiger partial charge in [0, 0.05) is 47.5 Å². The Labute approximate surface area is 215 Å². The summed E-state index contributed by atoms with van der Waals surface area (Å²) in [4.78, 5) is 25.9. The van der Waals surface area contributed by atoms with Gasteiger partial charge in [0.25, 0.3) is 0 Å². The molecular weight excluding hydrogens is 466 g/mol. The van der Waals surface area contributed by atoms with E-state index in [4.69, 9.17) is 15.6 Å². The van der Waals surface area contributed by atoms with Gasteiger partial charge in [0.2, 0.25) is 5.95 Å². The number of hydrogen-bond acceptors (Lipinski definition) is 7. The number of esters is 1. The van der Waals surface area contributed by atoms with Crippen molar-refractivity contribution in [1.29, 1.82) is 0 Å². The maximum Gasteiger partial charge on any atom is 0.342 e. The zero-order chi connectivity index (χ0) is 25.3. The predicted octanol–water partition coefficient (Wildman–Crippen LogP) is 4.55. The number of rotatable bonds is 5. The van der Waals surface area contributed by atoms with Gasteiger partial charge in [0.1, 0.15) is 5.56 Å². The van der Waals surface area contributed by atoms with Gasteiger partial charge in [-0.2, -0.15) is 5.10 Å². The normalized spacial score (nSPS) is 26.2. The standard InChI is InChI=1S/C28H31N7O2/c1-16-22(13-33-35(16)15-28-8-17-5-18(9-28)7-19(6-17)10-28)21-3-4-34-23(20-11-31-27(29)32-12-20)14-30-25(34)24(21)26(36)37-2/h3-4,11-14,17-19H,5-10,15H2,1-2H3,(H2,29,31,32). The molecule has 0 unspecified atom stereocenters. The maximum absolute atomic E-state index is 13.1. The summed E-state index contributed by atoms with van der Waals surface area (Å²) in [5, 5.41) is 4.84. The summed E-state index contributed by atoms with van der Waals surface area (Å²) in [6.07, 6.45) is 17.1. The first kappa shape index (κ1) is 22.4. The fourth-order valence-electron chi connectivity index (χ4n) is 7.93. The van der Waals surface area contributed by atoms with Crippen molar-refractivity contribution in [2.45, 2.75) is 52.0 Å². The van der Waals surface area contributed by atoms with Crippen molar-refractivity contribution in [3.8, 4) is 22.4 Å². The molecule has 2 N–H and O–H groups in total. The van der Waals surface area contributed by atoms with Crippen molar-refractivity contribution < 1.29 is 9.53 Å². The van der Waals surface area contributed by atoms with E-state index in [0.29, 0.717) is 16.6 Å². The van der Waals surface area contributed by atoms with Crippen LogP contribution in [0.15, 0.2) is 37.1 Å². The van der Waals surface area contributed by atoms with Gasteiger partial charge in [0.15, 0.2) is 5.65 Å². The minimum absolute atomic E-state index is 0.205. The van der Waals surface area contributed by atoms with Crippen LogP contribution in [-0.2, 0) is 11.3 Å². The molecule has 0 aliphatic heterocycles. The van der Waals surface area contributed by atoms with Gasteiger partial charge in [-0.05, 0) is 74.7 Å². The molecule has 9 heteroatoms. The Morgan fingerprint density at radius 3 is 2.35 bits per heavy atom. The van der Waals surface area contributed by atoms with Crippen LogP contribution in [0.4, 0.5) is 5.95 Å². The van der Waals surface area contributed by atoms with Gasteiger partial charge in [-0.1, -0.05) is 0 Å². The summed E-state index contributed by atoms with van der Waals surface area (Å²) < 4.78 is 9.25. The van der Waals surface area contributed by atoms with Gasteiger partial charge in [-0.25, -0.2) is 19.7 Å². The highest BCUT2D eigenvalue weighted by molar-refractivity contribution is 6.03. The number of hydrogen-bond donors (Lipinski definition) is 1. The minimum atomic E-state index is -0.431. The Morgan fingerprint density at radius 2 is 1.70 bits per heavy atom. The van der Waals surface area contributed by atoms with Gasteiger partial charge in [-0.15, -0.1) is 0 Å². The molecule has 0 radical (unpaired) electrons. The predicted molar refractivity (Wildman–Crippen MR) is 139 cm³/mol. The van der Waals surface area contributed by atoms with E-state index in [2.05, 4.69) is 26.6 Å². The van der Waals surface area contributed by atoms with E-state index < -0.39 is 5.97 Å². The van der Waals surface area contributed by atoms with Crippen LogP contribution in [0, 0.1) is 30.1 Å². The topological polar surface area (TPSA) is 113 Å². The first-order valence-electron chi connectivity index (χ1n) is 13.1. The number of methoxy groups -OCH3 is 1. The molecule has 4 fully saturated rings. The molecule has 190 valence electrons. The molecule has 4 heterocycles. The fourth-order valence-corrected chi connectivity index (χ4v) is 7.93. The average molecular weight is 498 g/mol. The first-order chi connectivity index (χ1) is 17.9. The lowest BCUT2D eigenvalue weighted by Crippen LogP contribution is -2.48. The molecule has 0 aromatic carbocycles. The number of pyridine rings is 1. The van der Waals surface area contributed by atoms with Crippen molar-refractivity contribution in [3.63, 3.8) is 0 Å². The highest BCUT2D eigenvalue weighted by Crippen LogP contribution is 2.60. The van der Waals surface area contributed by atoms with Crippen LogP contribution in [0.5, 0.6) is 0 Å². The highest BCUT2D eigenvalue weighted by Gasteiger charge is 2.51. The van der Waals surface area contributed by atoms with E-state index in [0.717, 1.165) is 52.4 Å². The number of ether oxygens (including phenoxy) is 1. The third kappa shape index (κ3) is 3.54. The summed E-state index contributed by atoms with van der Waals surface area (Å²) in [5.74, 6) is 2.47. The summed E-state index contributed by atoms with van der Waals surface area (Å²) in [5.41, 5.74) is 11.3. The molecule has 4 aromatic heterocycles. The number of nitrogens with zero attached hydrogens (tertiary/aromatic N) is 6. The van der Waals surface area contributed by atoms with Crippen molar-refractivity contribution >= 4 is 17.6 Å². The number of aromatic nitrogens is 6. The van der Waals surface area contributed by atoms with Gasteiger partial charge >= 0.3 is 5.97 Å². The van der Waals surface area contributed by atoms with Crippen molar-refractivity contribution in [2.75, 3.05) is 12.8 Å². The SMILES string of the molecule is COC(=O)c1c(-c2cnn(CC34CC5CC(CC(C5)C3)C4)c2C)ccn2c(-c3cnc(N)nc3)cnc12. The third-order valence-corrected chi connectivity index (χ3v) is 9.08. The molecule has 4 aliphatic carbocycles. The largest absolute Gasteiger partial charge is 0.465 e. The number of anilines is 1. The molecule has 0 saturated heterocycles. The average Bonchev–Trinajstić information content (AvgIpc) is 3.46. The van der Waals surface area contributed by atoms with Crippen LogP contribution in [0.1, 0.15) is 54.6 Å². The van der Waals surface area contributed by atoms with E-state index >= 15 is 0 Å². The van der Waals surface area contributed by atoms with Crippen LogP contribution in [0.2, 0.25) is 0 Å². The lowest BCUT2D eigenvalue weighted by Gasteiger charge is -2.56. The zero-order valence-electron chi connectivity index (χ0n) is 21.2. The van der Waals surface area contributed by atoms with Crippen LogP contribution < -0.4 is 5.73 Å². The Hall–Kier alpha value is -3.75. The molecule has 8 rings (SSSR count). The van der Waals surface area contributed by atoms with E-state index in [-0.39, 0.29) is 5.95 Å². The lowest BCUT2D eigenvalue weighted by atomic mass is 9.49. The summed E-state index contributed by atoms with van der Waals surface area (Å²) >= 11 is 0.